The molecular formula is C22H24F4N2O4. The number of alkyl halides is 2. The van der Waals surface area contributed by atoms with E-state index < -0.39 is 41.9 Å². The van der Waals surface area contributed by atoms with E-state index in [9.17, 15) is 27.2 Å². The molecule has 0 aliphatic carbocycles. The first-order valence-corrected chi connectivity index (χ1v) is 9.61. The van der Waals surface area contributed by atoms with Gasteiger partial charge < -0.3 is 19.7 Å². The maximum absolute atomic E-state index is 13.6. The van der Waals surface area contributed by atoms with E-state index in [4.69, 9.17) is 4.74 Å². The fourth-order valence-corrected chi connectivity index (χ4v) is 2.83. The van der Waals surface area contributed by atoms with Crippen molar-refractivity contribution in [3.8, 4) is 5.75 Å². The van der Waals surface area contributed by atoms with Gasteiger partial charge in [0.2, 0.25) is 5.91 Å². The fourth-order valence-electron chi connectivity index (χ4n) is 2.83. The SMILES string of the molecule is CN(C(=O)[C@H](Cc1cc(F)cc(F)c1)NC(=O)OC(C)(C)C)c1ccc(OC(F)F)cc1. The molecule has 0 saturated heterocycles. The Hall–Kier alpha value is -3.30. The smallest absolute Gasteiger partial charge is 0.408 e. The Morgan fingerprint density at radius 2 is 1.59 bits per heavy atom. The summed E-state index contributed by atoms with van der Waals surface area (Å²) in [6.45, 7) is 1.93. The monoisotopic (exact) mass is 456 g/mol. The largest absolute Gasteiger partial charge is 0.444 e. The van der Waals surface area contributed by atoms with Gasteiger partial charge in [0.1, 0.15) is 29.0 Å². The third-order valence-electron chi connectivity index (χ3n) is 4.13. The van der Waals surface area contributed by atoms with Gasteiger partial charge in [0, 0.05) is 25.2 Å². The van der Waals surface area contributed by atoms with Crippen molar-refractivity contribution in [2.45, 2.75) is 45.4 Å². The molecule has 32 heavy (non-hydrogen) atoms. The summed E-state index contributed by atoms with van der Waals surface area (Å²) in [5.41, 5.74) is -0.376. The minimum absolute atomic E-state index is 0.0942. The number of nitrogens with one attached hydrogen (secondary N) is 1. The molecule has 0 aromatic heterocycles. The average Bonchev–Trinajstić information content (AvgIpc) is 2.64. The number of carbonyl (C=O) groups is 2. The number of amides is 2. The van der Waals surface area contributed by atoms with E-state index in [2.05, 4.69) is 10.1 Å². The van der Waals surface area contributed by atoms with Gasteiger partial charge in [-0.3, -0.25) is 4.79 Å². The number of anilines is 1. The molecule has 0 heterocycles. The number of carbonyl (C=O) groups excluding carboxylic acids is 2. The minimum atomic E-state index is -2.99. The summed E-state index contributed by atoms with van der Waals surface area (Å²) >= 11 is 0. The summed E-state index contributed by atoms with van der Waals surface area (Å²) in [7, 11) is 1.40. The zero-order valence-corrected chi connectivity index (χ0v) is 18.0. The molecule has 0 aliphatic heterocycles. The number of rotatable bonds is 7. The van der Waals surface area contributed by atoms with Crippen molar-refractivity contribution < 1.29 is 36.6 Å². The van der Waals surface area contributed by atoms with Gasteiger partial charge in [-0.15, -0.1) is 0 Å². The van der Waals surface area contributed by atoms with Crippen LogP contribution >= 0.6 is 0 Å². The van der Waals surface area contributed by atoms with Crippen LogP contribution in [0.1, 0.15) is 26.3 Å². The van der Waals surface area contributed by atoms with Crippen molar-refractivity contribution in [1.29, 1.82) is 0 Å². The zero-order chi connectivity index (χ0) is 24.1. The number of hydrogen-bond acceptors (Lipinski definition) is 4. The van der Waals surface area contributed by atoms with Gasteiger partial charge in [-0.1, -0.05) is 0 Å². The third-order valence-corrected chi connectivity index (χ3v) is 4.13. The highest BCUT2D eigenvalue weighted by atomic mass is 19.3. The number of benzene rings is 2. The molecule has 0 radical (unpaired) electrons. The van der Waals surface area contributed by atoms with Crippen LogP contribution in [0.3, 0.4) is 0 Å². The predicted octanol–water partition coefficient (Wildman–Crippen LogP) is 4.67. The van der Waals surface area contributed by atoms with Gasteiger partial charge in [-0.25, -0.2) is 13.6 Å². The number of ether oxygens (including phenoxy) is 2. The van der Waals surface area contributed by atoms with Gasteiger partial charge in [0.15, 0.2) is 0 Å². The van der Waals surface area contributed by atoms with Gasteiger partial charge in [-0.2, -0.15) is 8.78 Å². The Kier molecular flexibility index (Phi) is 8.07. The molecule has 10 heteroatoms. The van der Waals surface area contributed by atoms with Crippen LogP contribution in [0.15, 0.2) is 42.5 Å². The van der Waals surface area contributed by atoms with Gasteiger partial charge in [-0.05, 0) is 62.7 Å². The van der Waals surface area contributed by atoms with E-state index in [1.54, 1.807) is 20.8 Å². The molecule has 6 nitrogen and oxygen atoms in total. The highest BCUT2D eigenvalue weighted by Gasteiger charge is 2.28. The van der Waals surface area contributed by atoms with E-state index in [-0.39, 0.29) is 17.7 Å². The van der Waals surface area contributed by atoms with Crippen LogP contribution < -0.4 is 15.0 Å². The fraction of sp³-hybridized carbons (Fsp3) is 0.364. The quantitative estimate of drug-likeness (QED) is 0.616. The van der Waals surface area contributed by atoms with Crippen molar-refractivity contribution >= 4 is 17.7 Å². The molecule has 2 aromatic carbocycles. The van der Waals surface area contributed by atoms with Crippen LogP contribution in [-0.2, 0) is 16.0 Å². The number of halogens is 4. The lowest BCUT2D eigenvalue weighted by Gasteiger charge is -2.27. The Morgan fingerprint density at radius 1 is 1.03 bits per heavy atom. The molecule has 0 unspecified atom stereocenters. The van der Waals surface area contributed by atoms with Crippen molar-refractivity contribution in [3.05, 3.63) is 59.7 Å². The molecule has 0 bridgehead atoms. The third kappa shape index (κ3) is 7.75. The first-order valence-electron chi connectivity index (χ1n) is 9.61. The molecule has 0 spiro atoms. The van der Waals surface area contributed by atoms with Gasteiger partial charge >= 0.3 is 12.7 Å². The highest BCUT2D eigenvalue weighted by molar-refractivity contribution is 5.98. The normalized spacial score (nSPS) is 12.3. The van der Waals surface area contributed by atoms with Crippen LogP contribution in [0.4, 0.5) is 28.0 Å². The Bertz CT molecular complexity index is 926. The second-order valence-electron chi connectivity index (χ2n) is 7.95. The maximum atomic E-state index is 13.6. The molecule has 0 saturated carbocycles. The van der Waals surface area contributed by atoms with Gasteiger partial charge in [0.05, 0.1) is 0 Å². The molecule has 2 rings (SSSR count). The van der Waals surface area contributed by atoms with Crippen molar-refractivity contribution in [2.24, 2.45) is 0 Å². The summed E-state index contributed by atoms with van der Waals surface area (Å²) in [6, 6.07) is 6.83. The Morgan fingerprint density at radius 3 is 2.09 bits per heavy atom. The molecule has 1 atom stereocenters. The lowest BCUT2D eigenvalue weighted by Crippen LogP contribution is -2.50. The first kappa shape index (κ1) is 25.0. The van der Waals surface area contributed by atoms with Crippen molar-refractivity contribution in [3.63, 3.8) is 0 Å². The number of nitrogens with zero attached hydrogens (tertiary/aromatic N) is 1. The van der Waals surface area contributed by atoms with Crippen molar-refractivity contribution in [1.82, 2.24) is 5.32 Å². The topological polar surface area (TPSA) is 67.9 Å². The maximum Gasteiger partial charge on any atom is 0.408 e. The molecule has 2 amide bonds. The van der Waals surface area contributed by atoms with Crippen LogP contribution in [0.25, 0.3) is 0 Å². The van der Waals surface area contributed by atoms with E-state index >= 15 is 0 Å². The Labute approximate surface area is 183 Å². The minimum Gasteiger partial charge on any atom is -0.444 e. The van der Waals surface area contributed by atoms with Crippen LogP contribution in [-0.4, -0.2) is 37.3 Å². The Balaban J connectivity index is 2.25. The van der Waals surface area contributed by atoms with E-state index in [1.807, 2.05) is 0 Å². The zero-order valence-electron chi connectivity index (χ0n) is 18.0. The van der Waals surface area contributed by atoms with Crippen LogP contribution in [0.2, 0.25) is 0 Å². The van der Waals surface area contributed by atoms with E-state index in [0.717, 1.165) is 12.1 Å². The summed E-state index contributed by atoms with van der Waals surface area (Å²) in [5.74, 6) is -2.37. The molecule has 1 N–H and O–H groups in total. The lowest BCUT2D eigenvalue weighted by atomic mass is 10.0. The standard InChI is InChI=1S/C22H24F4N2O4/c1-22(2,3)32-21(30)27-18(11-13-9-14(23)12-15(24)10-13)19(29)28(4)16-5-7-17(8-6-16)31-20(25)26/h5-10,12,18,20H,11H2,1-4H3,(H,27,30)/t18-/m0/s1. The average molecular weight is 456 g/mol. The summed E-state index contributed by atoms with van der Waals surface area (Å²) in [5, 5.41) is 2.43. The van der Waals surface area contributed by atoms with E-state index in [0.29, 0.717) is 11.8 Å². The molecule has 174 valence electrons. The number of alkyl carbamates (subject to hydrolysis) is 1. The van der Waals surface area contributed by atoms with Crippen molar-refractivity contribution in [2.75, 3.05) is 11.9 Å². The second-order valence-corrected chi connectivity index (χ2v) is 7.95. The molecule has 0 fully saturated rings. The second kappa shape index (κ2) is 10.3. The molecular weight excluding hydrogens is 432 g/mol. The van der Waals surface area contributed by atoms with Gasteiger partial charge in [0.25, 0.3) is 0 Å². The van der Waals surface area contributed by atoms with Crippen LogP contribution in [0, 0.1) is 11.6 Å². The summed E-state index contributed by atoms with van der Waals surface area (Å²) in [4.78, 5) is 26.5. The first-order chi connectivity index (χ1) is 14.8. The summed E-state index contributed by atoms with van der Waals surface area (Å²) < 4.78 is 61.3. The number of hydrogen-bond donors (Lipinski definition) is 1. The summed E-state index contributed by atoms with van der Waals surface area (Å²) in [6.07, 6.45) is -1.11. The van der Waals surface area contributed by atoms with Crippen LogP contribution in [0.5, 0.6) is 5.75 Å². The highest BCUT2D eigenvalue weighted by Crippen LogP contribution is 2.21. The number of likely N-dealkylation sites (N-methyl/N-ethyl adjacent to an activating group) is 1. The molecule has 0 aliphatic rings. The lowest BCUT2D eigenvalue weighted by molar-refractivity contribution is -0.120. The predicted molar refractivity (Wildman–Crippen MR) is 110 cm³/mol. The van der Waals surface area contributed by atoms with E-state index in [1.165, 1.54) is 36.2 Å². The molecule has 2 aromatic rings.